The maximum absolute atomic E-state index is 13.0. The molecule has 5 rings (SSSR count). The van der Waals surface area contributed by atoms with E-state index in [9.17, 15) is 14.4 Å². The molecule has 0 N–H and O–H groups in total. The van der Waals surface area contributed by atoms with Gasteiger partial charge in [0.2, 0.25) is 0 Å². The SMILES string of the molecule is O=C(/C=C/[C@H]1C(OC(=O)c2ccc(-c3ccccc3)cc2)C[C@@H]2OC(=O)C[C@@H]21)CCc1ccccc1. The Hall–Kier alpha value is -3.99. The zero-order valence-corrected chi connectivity index (χ0v) is 19.9. The molecule has 2 aliphatic rings. The maximum Gasteiger partial charge on any atom is 0.338 e. The third-order valence-electron chi connectivity index (χ3n) is 7.04. The van der Waals surface area contributed by atoms with Crippen molar-refractivity contribution in [2.45, 2.75) is 37.9 Å². The van der Waals surface area contributed by atoms with Gasteiger partial charge >= 0.3 is 11.9 Å². The van der Waals surface area contributed by atoms with Gasteiger partial charge in [-0.1, -0.05) is 78.9 Å². The highest BCUT2D eigenvalue weighted by atomic mass is 16.6. The molecule has 0 aromatic heterocycles. The van der Waals surface area contributed by atoms with Crippen LogP contribution in [0.5, 0.6) is 0 Å². The molecule has 3 aromatic rings. The molecular weight excluding hydrogens is 452 g/mol. The fourth-order valence-electron chi connectivity index (χ4n) is 5.14. The molecule has 1 unspecified atom stereocenters. The van der Waals surface area contributed by atoms with Crippen molar-refractivity contribution in [1.29, 1.82) is 0 Å². The van der Waals surface area contributed by atoms with Crippen LogP contribution in [-0.4, -0.2) is 29.9 Å². The van der Waals surface area contributed by atoms with Crippen LogP contribution in [0.2, 0.25) is 0 Å². The molecule has 3 aromatic carbocycles. The number of hydrogen-bond donors (Lipinski definition) is 0. The van der Waals surface area contributed by atoms with Gasteiger partial charge in [0.05, 0.1) is 12.0 Å². The molecule has 5 heteroatoms. The number of allylic oxidation sites excluding steroid dienone is 1. The highest BCUT2D eigenvalue weighted by molar-refractivity contribution is 5.91. The summed E-state index contributed by atoms with van der Waals surface area (Å²) in [6.07, 6.45) is 4.44. The summed E-state index contributed by atoms with van der Waals surface area (Å²) < 4.78 is 11.4. The molecule has 4 atom stereocenters. The third-order valence-corrected chi connectivity index (χ3v) is 7.04. The molecule has 0 spiro atoms. The van der Waals surface area contributed by atoms with Gasteiger partial charge in [0.1, 0.15) is 12.2 Å². The fourth-order valence-corrected chi connectivity index (χ4v) is 5.14. The minimum Gasteiger partial charge on any atom is -0.462 e. The van der Waals surface area contributed by atoms with E-state index in [1.54, 1.807) is 18.2 Å². The molecule has 0 radical (unpaired) electrons. The minimum absolute atomic E-state index is 0.00845. The Morgan fingerprint density at radius 1 is 0.889 bits per heavy atom. The summed E-state index contributed by atoms with van der Waals surface area (Å²) >= 11 is 0. The van der Waals surface area contributed by atoms with E-state index in [4.69, 9.17) is 9.47 Å². The Morgan fingerprint density at radius 2 is 1.56 bits per heavy atom. The van der Waals surface area contributed by atoms with Crippen LogP contribution in [0, 0.1) is 11.8 Å². The molecule has 1 heterocycles. The number of hydrogen-bond acceptors (Lipinski definition) is 5. The first-order valence-corrected chi connectivity index (χ1v) is 12.4. The first-order chi connectivity index (χ1) is 17.6. The topological polar surface area (TPSA) is 69.7 Å². The molecule has 1 saturated heterocycles. The monoisotopic (exact) mass is 480 g/mol. The summed E-state index contributed by atoms with van der Waals surface area (Å²) in [6.45, 7) is 0. The van der Waals surface area contributed by atoms with Crippen molar-refractivity contribution < 1.29 is 23.9 Å². The summed E-state index contributed by atoms with van der Waals surface area (Å²) in [5.41, 5.74) is 3.67. The second-order valence-electron chi connectivity index (χ2n) is 9.41. The average Bonchev–Trinajstić information content (AvgIpc) is 3.42. The highest BCUT2D eigenvalue weighted by Crippen LogP contribution is 2.43. The number of rotatable bonds is 8. The van der Waals surface area contributed by atoms with Gasteiger partial charge in [-0.15, -0.1) is 0 Å². The summed E-state index contributed by atoms with van der Waals surface area (Å²) in [5, 5.41) is 0. The lowest BCUT2D eigenvalue weighted by atomic mass is 9.91. The van der Waals surface area contributed by atoms with Crippen molar-refractivity contribution in [2.75, 3.05) is 0 Å². The number of ether oxygens (including phenoxy) is 2. The van der Waals surface area contributed by atoms with Crippen molar-refractivity contribution >= 4 is 17.7 Å². The molecule has 5 nitrogen and oxygen atoms in total. The van der Waals surface area contributed by atoms with Crippen molar-refractivity contribution in [3.63, 3.8) is 0 Å². The second kappa shape index (κ2) is 10.7. The molecule has 1 saturated carbocycles. The van der Waals surface area contributed by atoms with E-state index in [2.05, 4.69) is 0 Å². The molecule has 36 heavy (non-hydrogen) atoms. The van der Waals surface area contributed by atoms with E-state index >= 15 is 0 Å². The van der Waals surface area contributed by atoms with Crippen LogP contribution in [0.25, 0.3) is 11.1 Å². The number of ketones is 1. The van der Waals surface area contributed by atoms with Crippen LogP contribution >= 0.6 is 0 Å². The first kappa shape index (κ1) is 23.7. The van der Waals surface area contributed by atoms with Gasteiger partial charge in [-0.25, -0.2) is 4.79 Å². The van der Waals surface area contributed by atoms with Gasteiger partial charge in [0.25, 0.3) is 0 Å². The number of benzene rings is 3. The Kier molecular flexibility index (Phi) is 7.08. The first-order valence-electron chi connectivity index (χ1n) is 12.4. The summed E-state index contributed by atoms with van der Waals surface area (Å²) in [5.74, 6) is -0.975. The van der Waals surface area contributed by atoms with Crippen LogP contribution in [-0.2, 0) is 25.5 Å². The molecule has 0 amide bonds. The van der Waals surface area contributed by atoms with Gasteiger partial charge < -0.3 is 9.47 Å². The molecule has 1 aliphatic carbocycles. The Morgan fingerprint density at radius 3 is 2.28 bits per heavy atom. The van der Waals surface area contributed by atoms with E-state index in [1.165, 1.54) is 0 Å². The van der Waals surface area contributed by atoms with Crippen molar-refractivity contribution in [3.8, 4) is 11.1 Å². The van der Waals surface area contributed by atoms with E-state index in [0.717, 1.165) is 16.7 Å². The van der Waals surface area contributed by atoms with Crippen molar-refractivity contribution in [3.05, 3.63) is 108 Å². The standard InChI is InChI=1S/C31H28O5/c32-25(16-11-21-7-3-1-4-8-21)17-18-26-27-19-30(33)35-29(27)20-28(26)36-31(34)24-14-12-23(13-15-24)22-9-5-2-6-10-22/h1-10,12-15,17-18,26-29H,11,16,19-20H2/b18-17+/t26-,27-,28?,29+/m1/s1. The van der Waals surface area contributed by atoms with Crippen LogP contribution in [0.15, 0.2) is 97.1 Å². The van der Waals surface area contributed by atoms with Crippen LogP contribution < -0.4 is 0 Å². The Balaban J connectivity index is 1.24. The van der Waals surface area contributed by atoms with Gasteiger partial charge in [-0.2, -0.15) is 0 Å². The Labute approximate surface area is 210 Å². The quantitative estimate of drug-likeness (QED) is 0.311. The molecule has 182 valence electrons. The van der Waals surface area contributed by atoms with Gasteiger partial charge in [0.15, 0.2) is 5.78 Å². The second-order valence-corrected chi connectivity index (χ2v) is 9.41. The van der Waals surface area contributed by atoms with E-state index in [0.29, 0.717) is 24.8 Å². The van der Waals surface area contributed by atoms with Crippen molar-refractivity contribution in [2.24, 2.45) is 11.8 Å². The zero-order chi connectivity index (χ0) is 24.9. The lowest BCUT2D eigenvalue weighted by molar-refractivity contribution is -0.141. The van der Waals surface area contributed by atoms with Crippen LogP contribution in [0.4, 0.5) is 0 Å². The number of fused-ring (bicyclic) bond motifs is 1. The smallest absolute Gasteiger partial charge is 0.338 e. The van der Waals surface area contributed by atoms with Gasteiger partial charge in [-0.3, -0.25) is 9.59 Å². The van der Waals surface area contributed by atoms with Crippen LogP contribution in [0.1, 0.15) is 35.2 Å². The highest BCUT2D eigenvalue weighted by Gasteiger charge is 2.50. The summed E-state index contributed by atoms with van der Waals surface area (Å²) in [6, 6.07) is 27.1. The lowest BCUT2D eigenvalue weighted by Gasteiger charge is -2.20. The van der Waals surface area contributed by atoms with Crippen LogP contribution in [0.3, 0.4) is 0 Å². The largest absolute Gasteiger partial charge is 0.462 e. The Bertz CT molecular complexity index is 1250. The maximum atomic E-state index is 13.0. The normalized spacial score (nSPS) is 22.8. The minimum atomic E-state index is -0.451. The predicted octanol–water partition coefficient (Wildman–Crippen LogP) is 5.59. The molecular formula is C31H28O5. The van der Waals surface area contributed by atoms with Gasteiger partial charge in [0, 0.05) is 24.7 Å². The lowest BCUT2D eigenvalue weighted by Crippen LogP contribution is -2.25. The molecule has 2 fully saturated rings. The summed E-state index contributed by atoms with van der Waals surface area (Å²) in [7, 11) is 0. The average molecular weight is 481 g/mol. The van der Waals surface area contributed by atoms with E-state index < -0.39 is 12.1 Å². The number of carbonyl (C=O) groups is 3. The number of aryl methyl sites for hydroxylation is 1. The van der Waals surface area contributed by atoms with E-state index in [1.807, 2.05) is 78.9 Å². The predicted molar refractivity (Wildman–Crippen MR) is 136 cm³/mol. The zero-order valence-electron chi connectivity index (χ0n) is 19.9. The number of carbonyl (C=O) groups excluding carboxylic acids is 3. The van der Waals surface area contributed by atoms with Crippen molar-refractivity contribution in [1.82, 2.24) is 0 Å². The van der Waals surface area contributed by atoms with E-state index in [-0.39, 0.29) is 36.1 Å². The third kappa shape index (κ3) is 5.46. The molecule has 1 aliphatic heterocycles. The fraction of sp³-hybridized carbons (Fsp3) is 0.258. The summed E-state index contributed by atoms with van der Waals surface area (Å²) in [4.78, 5) is 37.4. The number of esters is 2. The molecule has 0 bridgehead atoms. The van der Waals surface area contributed by atoms with Gasteiger partial charge in [-0.05, 0) is 41.3 Å².